The van der Waals surface area contributed by atoms with Crippen molar-refractivity contribution in [3.05, 3.63) is 70.4 Å². The van der Waals surface area contributed by atoms with Gasteiger partial charge >= 0.3 is 5.69 Å². The predicted molar refractivity (Wildman–Crippen MR) is 110 cm³/mol. The van der Waals surface area contributed by atoms with E-state index in [1.807, 2.05) is 31.2 Å². The number of aromatic nitrogens is 4. The van der Waals surface area contributed by atoms with E-state index < -0.39 is 10.0 Å². The maximum absolute atomic E-state index is 12.8. The van der Waals surface area contributed by atoms with Crippen LogP contribution in [0.1, 0.15) is 30.0 Å². The van der Waals surface area contributed by atoms with Crippen molar-refractivity contribution in [3.63, 3.8) is 0 Å². The summed E-state index contributed by atoms with van der Waals surface area (Å²) in [4.78, 5) is 16.9. The van der Waals surface area contributed by atoms with Crippen LogP contribution in [0.5, 0.6) is 0 Å². The molecular formula is C20H23N5O3S. The minimum Gasteiger partial charge on any atom is -0.272 e. The third-order valence-corrected chi connectivity index (χ3v) is 6.14. The van der Waals surface area contributed by atoms with Crippen LogP contribution in [-0.2, 0) is 22.3 Å². The zero-order valence-corrected chi connectivity index (χ0v) is 17.0. The molecule has 0 unspecified atom stereocenters. The van der Waals surface area contributed by atoms with Crippen LogP contribution in [0.15, 0.2) is 53.6 Å². The first-order valence-electron chi connectivity index (χ1n) is 9.55. The molecule has 3 aromatic rings. The van der Waals surface area contributed by atoms with Gasteiger partial charge in [-0.15, -0.1) is 5.10 Å². The number of aryl methyl sites for hydroxylation is 1. The molecule has 4 rings (SSSR count). The van der Waals surface area contributed by atoms with Crippen LogP contribution in [0, 0.1) is 6.92 Å². The Balaban J connectivity index is 1.47. The van der Waals surface area contributed by atoms with Gasteiger partial charge in [0.1, 0.15) is 0 Å². The van der Waals surface area contributed by atoms with Crippen molar-refractivity contribution in [1.29, 1.82) is 0 Å². The highest BCUT2D eigenvalue weighted by Crippen LogP contribution is 2.36. The number of pyridine rings is 1. The Hall–Kier alpha value is -2.78. The summed E-state index contributed by atoms with van der Waals surface area (Å²) in [5, 5.41) is 4.45. The van der Waals surface area contributed by atoms with Gasteiger partial charge in [-0.2, -0.15) is 0 Å². The molecule has 0 amide bonds. The number of sulfonamides is 1. The molecule has 0 aliphatic heterocycles. The maximum Gasteiger partial charge on any atom is 0.346 e. The van der Waals surface area contributed by atoms with Crippen molar-refractivity contribution in [2.24, 2.45) is 0 Å². The van der Waals surface area contributed by atoms with Crippen molar-refractivity contribution in [3.8, 4) is 11.4 Å². The second-order valence-electron chi connectivity index (χ2n) is 7.31. The van der Waals surface area contributed by atoms with Gasteiger partial charge in [-0.3, -0.25) is 9.55 Å². The van der Waals surface area contributed by atoms with Gasteiger partial charge in [0.2, 0.25) is 10.0 Å². The second-order valence-corrected chi connectivity index (χ2v) is 9.12. The van der Waals surface area contributed by atoms with E-state index in [-0.39, 0.29) is 30.6 Å². The summed E-state index contributed by atoms with van der Waals surface area (Å²) in [6, 6.07) is 11.2. The van der Waals surface area contributed by atoms with E-state index in [9.17, 15) is 13.2 Å². The van der Waals surface area contributed by atoms with Gasteiger partial charge in [0.25, 0.3) is 0 Å². The predicted octanol–water partition coefficient (Wildman–Crippen LogP) is 1.87. The number of rotatable bonds is 8. The van der Waals surface area contributed by atoms with Crippen molar-refractivity contribution in [2.75, 3.05) is 6.54 Å². The summed E-state index contributed by atoms with van der Waals surface area (Å²) >= 11 is 0. The molecule has 8 nitrogen and oxygen atoms in total. The van der Waals surface area contributed by atoms with Gasteiger partial charge < -0.3 is 0 Å². The van der Waals surface area contributed by atoms with Crippen LogP contribution in [-0.4, -0.2) is 34.3 Å². The zero-order valence-electron chi connectivity index (χ0n) is 16.2. The molecule has 1 fully saturated rings. The van der Waals surface area contributed by atoms with Crippen molar-refractivity contribution in [1.82, 2.24) is 24.1 Å². The van der Waals surface area contributed by atoms with Crippen LogP contribution in [0.2, 0.25) is 0 Å². The molecule has 152 valence electrons. The van der Waals surface area contributed by atoms with E-state index in [1.165, 1.54) is 4.68 Å². The van der Waals surface area contributed by atoms with Gasteiger partial charge in [0.05, 0.1) is 12.3 Å². The van der Waals surface area contributed by atoms with Crippen molar-refractivity contribution in [2.45, 2.75) is 38.1 Å². The van der Waals surface area contributed by atoms with Gasteiger partial charge in [-0.25, -0.2) is 22.6 Å². The molecule has 2 aromatic heterocycles. The molecule has 1 N–H and O–H groups in total. The van der Waals surface area contributed by atoms with Gasteiger partial charge in [0.15, 0.2) is 5.82 Å². The van der Waals surface area contributed by atoms with E-state index >= 15 is 0 Å². The lowest BCUT2D eigenvalue weighted by Gasteiger charge is -2.07. The van der Waals surface area contributed by atoms with E-state index in [2.05, 4.69) is 14.8 Å². The molecule has 0 radical (unpaired) electrons. The number of nitrogens with one attached hydrogen (secondary N) is 1. The third-order valence-electron chi connectivity index (χ3n) is 4.79. The Bertz CT molecular complexity index is 1160. The van der Waals surface area contributed by atoms with Gasteiger partial charge in [-0.1, -0.05) is 29.8 Å². The molecule has 0 bridgehead atoms. The molecule has 1 aliphatic carbocycles. The minimum absolute atomic E-state index is 0.0962. The fraction of sp³-hybridized carbons (Fsp3) is 0.350. The SMILES string of the molecule is Cc1cccc(CS(=O)(=O)NCCn2nc(-c3cccnc3)n(C3CC3)c2=O)c1. The van der Waals surface area contributed by atoms with Gasteiger partial charge in [-0.05, 0) is 37.5 Å². The molecular weight excluding hydrogens is 390 g/mol. The van der Waals surface area contributed by atoms with Crippen LogP contribution in [0.3, 0.4) is 0 Å². The summed E-state index contributed by atoms with van der Waals surface area (Å²) in [5.41, 5.74) is 2.30. The molecule has 2 heterocycles. The highest BCUT2D eigenvalue weighted by Gasteiger charge is 2.30. The first-order chi connectivity index (χ1) is 13.9. The number of hydrogen-bond acceptors (Lipinski definition) is 5. The van der Waals surface area contributed by atoms with E-state index in [1.54, 1.807) is 29.1 Å². The third kappa shape index (κ3) is 4.63. The standard InChI is InChI=1S/C20H23N5O3S/c1-15-4-2-5-16(12-15)14-29(27,28)22-10-11-24-20(26)25(18-7-8-18)19(23-24)17-6-3-9-21-13-17/h2-6,9,12-13,18,22H,7-8,10-11,14H2,1H3. The Labute approximate surface area is 169 Å². The average Bonchev–Trinajstić information content (AvgIpc) is 3.46. The fourth-order valence-electron chi connectivity index (χ4n) is 3.30. The highest BCUT2D eigenvalue weighted by molar-refractivity contribution is 7.88. The van der Waals surface area contributed by atoms with Crippen LogP contribution < -0.4 is 10.4 Å². The lowest BCUT2D eigenvalue weighted by molar-refractivity contribution is 0.546. The summed E-state index contributed by atoms with van der Waals surface area (Å²) in [6.07, 6.45) is 5.24. The molecule has 1 aromatic carbocycles. The van der Waals surface area contributed by atoms with Crippen LogP contribution >= 0.6 is 0 Å². The largest absolute Gasteiger partial charge is 0.346 e. The molecule has 29 heavy (non-hydrogen) atoms. The average molecular weight is 414 g/mol. The second kappa shape index (κ2) is 7.92. The topological polar surface area (TPSA) is 98.9 Å². The molecule has 9 heteroatoms. The molecule has 0 saturated heterocycles. The molecule has 1 aliphatic rings. The van der Waals surface area contributed by atoms with Crippen LogP contribution in [0.4, 0.5) is 0 Å². The van der Waals surface area contributed by atoms with Crippen molar-refractivity contribution >= 4 is 10.0 Å². The Morgan fingerprint density at radius 3 is 2.72 bits per heavy atom. The van der Waals surface area contributed by atoms with Gasteiger partial charge in [0, 0.05) is 30.5 Å². The quantitative estimate of drug-likeness (QED) is 0.608. The summed E-state index contributed by atoms with van der Waals surface area (Å²) in [5.74, 6) is 0.481. The molecule has 0 atom stereocenters. The summed E-state index contributed by atoms with van der Waals surface area (Å²) < 4.78 is 30.3. The Morgan fingerprint density at radius 1 is 1.21 bits per heavy atom. The normalized spacial score (nSPS) is 14.2. The summed E-state index contributed by atoms with van der Waals surface area (Å²) in [6.45, 7) is 2.19. The molecule has 0 spiro atoms. The van der Waals surface area contributed by atoms with E-state index in [0.29, 0.717) is 5.82 Å². The monoisotopic (exact) mass is 413 g/mol. The lowest BCUT2D eigenvalue weighted by Crippen LogP contribution is -2.32. The fourth-order valence-corrected chi connectivity index (χ4v) is 4.42. The highest BCUT2D eigenvalue weighted by atomic mass is 32.2. The van der Waals surface area contributed by atoms with E-state index in [4.69, 9.17) is 0 Å². The lowest BCUT2D eigenvalue weighted by atomic mass is 10.2. The maximum atomic E-state index is 12.8. The summed E-state index contributed by atoms with van der Waals surface area (Å²) in [7, 11) is -3.50. The smallest absolute Gasteiger partial charge is 0.272 e. The van der Waals surface area contributed by atoms with Crippen LogP contribution in [0.25, 0.3) is 11.4 Å². The Morgan fingerprint density at radius 2 is 2.03 bits per heavy atom. The Kier molecular flexibility index (Phi) is 5.33. The van der Waals surface area contributed by atoms with E-state index in [0.717, 1.165) is 29.5 Å². The molecule has 1 saturated carbocycles. The first-order valence-corrected chi connectivity index (χ1v) is 11.2. The number of nitrogens with zero attached hydrogens (tertiary/aromatic N) is 4. The minimum atomic E-state index is -3.50. The first kappa shape index (κ1) is 19.5. The zero-order chi connectivity index (χ0) is 20.4. The number of benzene rings is 1. The number of hydrogen-bond donors (Lipinski definition) is 1. The van der Waals surface area contributed by atoms with Crippen molar-refractivity contribution < 1.29 is 8.42 Å².